The van der Waals surface area contributed by atoms with E-state index >= 15 is 0 Å². The van der Waals surface area contributed by atoms with Gasteiger partial charge in [0.1, 0.15) is 5.82 Å². The van der Waals surface area contributed by atoms with Crippen molar-refractivity contribution in [3.05, 3.63) is 35.1 Å². The first kappa shape index (κ1) is 13.0. The Hall–Kier alpha value is -1.46. The minimum absolute atomic E-state index is 0.0391. The number of hydrogen-bond acceptors (Lipinski definition) is 3. The highest BCUT2D eigenvalue weighted by atomic mass is 19.1. The molecule has 1 unspecified atom stereocenters. The van der Waals surface area contributed by atoms with Crippen LogP contribution in [-0.2, 0) is 4.74 Å². The molecule has 1 heterocycles. The van der Waals surface area contributed by atoms with Gasteiger partial charge in [-0.05, 0) is 24.6 Å². The zero-order valence-corrected chi connectivity index (χ0v) is 10.5. The number of ether oxygens (including phenoxy) is 1. The van der Waals surface area contributed by atoms with Crippen molar-refractivity contribution in [3.8, 4) is 0 Å². The third-order valence-electron chi connectivity index (χ3n) is 3.22. The number of carbonyl (C=O) groups excluding carboxylic acids is 1. The Kier molecular flexibility index (Phi) is 3.93. The minimum atomic E-state index is -0.404. The summed E-state index contributed by atoms with van der Waals surface area (Å²) in [6.07, 6.45) is -0.0391. The number of nitrogens with one attached hydrogen (secondary N) is 2. The van der Waals surface area contributed by atoms with E-state index in [4.69, 9.17) is 4.74 Å². The highest BCUT2D eigenvalue weighted by Gasteiger charge is 2.28. The fourth-order valence-electron chi connectivity index (χ4n) is 2.13. The molecule has 2 atom stereocenters. The Balaban J connectivity index is 2.09. The van der Waals surface area contributed by atoms with Gasteiger partial charge in [0.15, 0.2) is 0 Å². The number of aryl methyl sites for hydroxylation is 1. The Labute approximate surface area is 106 Å². The van der Waals surface area contributed by atoms with Crippen LogP contribution in [0, 0.1) is 12.7 Å². The van der Waals surface area contributed by atoms with Gasteiger partial charge >= 0.3 is 0 Å². The fourth-order valence-corrected chi connectivity index (χ4v) is 2.13. The quantitative estimate of drug-likeness (QED) is 0.838. The molecule has 2 N–H and O–H groups in total. The van der Waals surface area contributed by atoms with Crippen molar-refractivity contribution < 1.29 is 13.9 Å². The van der Waals surface area contributed by atoms with Gasteiger partial charge < -0.3 is 15.4 Å². The average Bonchev–Trinajstić information content (AvgIpc) is 2.79. The summed E-state index contributed by atoms with van der Waals surface area (Å²) in [4.78, 5) is 12.1. The molecule has 5 heteroatoms. The molecule has 98 valence electrons. The second-order valence-corrected chi connectivity index (χ2v) is 4.47. The summed E-state index contributed by atoms with van der Waals surface area (Å²) in [6.45, 7) is 3.16. The van der Waals surface area contributed by atoms with E-state index in [0.29, 0.717) is 18.7 Å². The van der Waals surface area contributed by atoms with Crippen molar-refractivity contribution in [3.63, 3.8) is 0 Å². The number of amides is 1. The number of benzene rings is 1. The van der Waals surface area contributed by atoms with Crippen LogP contribution in [0.4, 0.5) is 4.39 Å². The van der Waals surface area contributed by atoms with Crippen molar-refractivity contribution in [2.45, 2.75) is 19.1 Å². The Morgan fingerprint density at radius 3 is 3.00 bits per heavy atom. The lowest BCUT2D eigenvalue weighted by Gasteiger charge is -2.19. The van der Waals surface area contributed by atoms with Gasteiger partial charge in [-0.3, -0.25) is 4.79 Å². The maximum Gasteiger partial charge on any atom is 0.252 e. The van der Waals surface area contributed by atoms with Gasteiger partial charge in [0.05, 0.1) is 12.1 Å². The molecule has 0 aromatic heterocycles. The van der Waals surface area contributed by atoms with Gasteiger partial charge in [0.2, 0.25) is 0 Å². The van der Waals surface area contributed by atoms with Crippen LogP contribution in [-0.4, -0.2) is 38.3 Å². The third-order valence-corrected chi connectivity index (χ3v) is 3.22. The molecule has 1 aliphatic heterocycles. The van der Waals surface area contributed by atoms with E-state index in [2.05, 4.69) is 10.6 Å². The van der Waals surface area contributed by atoms with E-state index in [1.165, 1.54) is 12.1 Å². The largest absolute Gasteiger partial charge is 0.378 e. The lowest BCUT2D eigenvalue weighted by molar-refractivity contribution is 0.0779. The molecule has 2 rings (SSSR count). The maximum atomic E-state index is 13.1. The molecule has 0 aliphatic carbocycles. The van der Waals surface area contributed by atoms with E-state index in [0.717, 1.165) is 5.56 Å². The van der Waals surface area contributed by atoms with Crippen molar-refractivity contribution >= 4 is 5.91 Å². The number of rotatable bonds is 3. The fraction of sp³-hybridized carbons (Fsp3) is 0.462. The predicted octanol–water partition coefficient (Wildman–Crippen LogP) is 0.851. The number of halogens is 1. The lowest BCUT2D eigenvalue weighted by Crippen LogP contribution is -2.43. The average molecular weight is 252 g/mol. The Morgan fingerprint density at radius 1 is 1.50 bits per heavy atom. The number of methoxy groups -OCH3 is 1. The molecule has 0 saturated carbocycles. The summed E-state index contributed by atoms with van der Waals surface area (Å²) < 4.78 is 18.4. The Morgan fingerprint density at radius 2 is 2.28 bits per heavy atom. The second kappa shape index (κ2) is 5.46. The normalized spacial score (nSPS) is 23.1. The van der Waals surface area contributed by atoms with E-state index in [9.17, 15) is 9.18 Å². The van der Waals surface area contributed by atoms with Crippen molar-refractivity contribution in [1.82, 2.24) is 10.6 Å². The SMILES string of the molecule is CO[C@H]1CNCC1NC(=O)c1cc(F)ccc1C. The minimum Gasteiger partial charge on any atom is -0.378 e. The molecular weight excluding hydrogens is 235 g/mol. The van der Waals surface area contributed by atoms with Crippen LogP contribution in [0.15, 0.2) is 18.2 Å². The smallest absolute Gasteiger partial charge is 0.252 e. The summed E-state index contributed by atoms with van der Waals surface area (Å²) in [6, 6.07) is 4.13. The highest BCUT2D eigenvalue weighted by Crippen LogP contribution is 2.12. The summed E-state index contributed by atoms with van der Waals surface area (Å²) in [5, 5.41) is 6.01. The van der Waals surface area contributed by atoms with E-state index in [1.54, 1.807) is 20.1 Å². The first-order chi connectivity index (χ1) is 8.61. The molecule has 1 saturated heterocycles. The lowest BCUT2D eigenvalue weighted by atomic mass is 10.1. The Bertz CT molecular complexity index is 451. The molecule has 1 aromatic carbocycles. The van der Waals surface area contributed by atoms with E-state index < -0.39 is 5.82 Å². The molecule has 1 aromatic rings. The summed E-state index contributed by atoms with van der Waals surface area (Å²) in [5.74, 6) is -0.665. The second-order valence-electron chi connectivity index (χ2n) is 4.47. The van der Waals surface area contributed by atoms with Crippen molar-refractivity contribution in [1.29, 1.82) is 0 Å². The van der Waals surface area contributed by atoms with Crippen molar-refractivity contribution in [2.24, 2.45) is 0 Å². The molecule has 0 radical (unpaired) electrons. The highest BCUT2D eigenvalue weighted by molar-refractivity contribution is 5.95. The zero-order chi connectivity index (χ0) is 13.1. The van der Waals surface area contributed by atoms with Gasteiger partial charge in [-0.2, -0.15) is 0 Å². The maximum absolute atomic E-state index is 13.1. The van der Waals surface area contributed by atoms with E-state index in [-0.39, 0.29) is 18.1 Å². The summed E-state index contributed by atoms with van der Waals surface area (Å²) in [7, 11) is 1.62. The molecule has 18 heavy (non-hydrogen) atoms. The molecule has 0 bridgehead atoms. The topological polar surface area (TPSA) is 50.4 Å². The van der Waals surface area contributed by atoms with Crippen LogP contribution in [0.2, 0.25) is 0 Å². The van der Waals surface area contributed by atoms with Gasteiger partial charge in [-0.15, -0.1) is 0 Å². The number of carbonyl (C=O) groups is 1. The number of hydrogen-bond donors (Lipinski definition) is 2. The van der Waals surface area contributed by atoms with Gasteiger partial charge in [-0.25, -0.2) is 4.39 Å². The first-order valence-corrected chi connectivity index (χ1v) is 5.92. The molecule has 0 spiro atoms. The van der Waals surface area contributed by atoms with Gasteiger partial charge in [-0.1, -0.05) is 6.07 Å². The van der Waals surface area contributed by atoms with Crippen LogP contribution in [0.3, 0.4) is 0 Å². The molecule has 1 aliphatic rings. The van der Waals surface area contributed by atoms with Crippen molar-refractivity contribution in [2.75, 3.05) is 20.2 Å². The standard InChI is InChI=1S/C13H17FN2O2/c1-8-3-4-9(14)5-10(8)13(17)16-11-6-15-7-12(11)18-2/h3-5,11-12,15H,6-7H2,1-2H3,(H,16,17)/t11?,12-/m0/s1. The third kappa shape index (κ3) is 2.68. The first-order valence-electron chi connectivity index (χ1n) is 5.92. The summed E-state index contributed by atoms with van der Waals surface area (Å²) >= 11 is 0. The predicted molar refractivity (Wildman–Crippen MR) is 66.1 cm³/mol. The molecular formula is C13H17FN2O2. The molecule has 4 nitrogen and oxygen atoms in total. The van der Waals surface area contributed by atoms with Crippen LogP contribution < -0.4 is 10.6 Å². The van der Waals surface area contributed by atoms with Crippen LogP contribution in [0.25, 0.3) is 0 Å². The monoisotopic (exact) mass is 252 g/mol. The molecule has 1 fully saturated rings. The zero-order valence-electron chi connectivity index (χ0n) is 10.5. The molecule has 1 amide bonds. The van der Waals surface area contributed by atoms with Crippen LogP contribution in [0.1, 0.15) is 15.9 Å². The van der Waals surface area contributed by atoms with Crippen LogP contribution in [0.5, 0.6) is 0 Å². The van der Waals surface area contributed by atoms with E-state index in [1.807, 2.05) is 0 Å². The summed E-state index contributed by atoms with van der Waals surface area (Å²) in [5.41, 5.74) is 1.13. The van der Waals surface area contributed by atoms with Crippen LogP contribution >= 0.6 is 0 Å². The van der Waals surface area contributed by atoms with Gasteiger partial charge in [0.25, 0.3) is 5.91 Å². The van der Waals surface area contributed by atoms with Gasteiger partial charge in [0, 0.05) is 25.8 Å².